The lowest BCUT2D eigenvalue weighted by atomic mass is 9.41. The van der Waals surface area contributed by atoms with Gasteiger partial charge < -0.3 is 28.8 Å². The molecule has 2 spiro atoms. The van der Waals surface area contributed by atoms with Gasteiger partial charge in [0.25, 0.3) is 0 Å². The molecule has 4 aliphatic heterocycles. The van der Waals surface area contributed by atoms with Gasteiger partial charge in [-0.05, 0) is 63.2 Å². The number of hydrogen-bond donors (Lipinski definition) is 1. The maximum absolute atomic E-state index is 13.0. The van der Waals surface area contributed by atoms with Crippen LogP contribution in [-0.4, -0.2) is 60.6 Å². The first kappa shape index (κ1) is 25.2. The molecule has 0 amide bonds. The number of allylic oxidation sites excluding steroid dienone is 1. The summed E-state index contributed by atoms with van der Waals surface area (Å²) >= 11 is 0. The Morgan fingerprint density at radius 3 is 2.54 bits per heavy atom. The van der Waals surface area contributed by atoms with E-state index in [1.54, 1.807) is 19.9 Å². The van der Waals surface area contributed by atoms with Gasteiger partial charge in [-0.1, -0.05) is 19.9 Å². The smallest absolute Gasteiger partial charge is 0.335 e. The van der Waals surface area contributed by atoms with Crippen LogP contribution in [0.4, 0.5) is 0 Å². The molecule has 0 aromatic rings. The molecule has 6 rings (SSSR count). The van der Waals surface area contributed by atoms with Crippen LogP contribution in [-0.2, 0) is 33.3 Å². The van der Waals surface area contributed by atoms with E-state index in [-0.39, 0.29) is 35.2 Å². The molecule has 0 unspecified atom stereocenters. The van der Waals surface area contributed by atoms with Gasteiger partial charge in [-0.3, -0.25) is 4.79 Å². The molecule has 2 aliphatic carbocycles. The molecule has 0 aromatic carbocycles. The van der Waals surface area contributed by atoms with E-state index in [2.05, 4.69) is 13.8 Å². The van der Waals surface area contributed by atoms with Crippen LogP contribution in [0.1, 0.15) is 73.1 Å². The predicted molar refractivity (Wildman–Crippen MR) is 125 cm³/mol. The molecule has 10 atom stereocenters. The van der Waals surface area contributed by atoms with Crippen molar-refractivity contribution in [3.05, 3.63) is 11.6 Å². The number of hydrogen-bond acceptors (Lipinski definition) is 8. The third kappa shape index (κ3) is 3.78. The monoisotopic (exact) mass is 492 g/mol. The van der Waals surface area contributed by atoms with Gasteiger partial charge in [0.05, 0.1) is 19.3 Å². The molecule has 196 valence electrons. The lowest BCUT2D eigenvalue weighted by molar-refractivity contribution is -0.368. The molecule has 8 nitrogen and oxygen atoms in total. The molecule has 2 bridgehead atoms. The molecular weight excluding hydrogens is 452 g/mol. The first-order valence-electron chi connectivity index (χ1n) is 13.2. The van der Waals surface area contributed by atoms with Crippen LogP contribution in [0.3, 0.4) is 0 Å². The maximum Gasteiger partial charge on any atom is 0.335 e. The minimum Gasteiger partial charge on any atom is -0.462 e. The summed E-state index contributed by atoms with van der Waals surface area (Å²) in [4.78, 5) is 25.3. The van der Waals surface area contributed by atoms with Crippen molar-refractivity contribution < 1.29 is 38.4 Å². The first-order chi connectivity index (χ1) is 16.6. The Morgan fingerprint density at radius 2 is 1.94 bits per heavy atom. The number of ether oxygens (including phenoxy) is 5. The second-order valence-corrected chi connectivity index (χ2v) is 11.8. The quantitative estimate of drug-likeness (QED) is 0.341. The molecule has 4 saturated heterocycles. The molecular formula is C27H40O8. The first-order valence-corrected chi connectivity index (χ1v) is 13.2. The summed E-state index contributed by atoms with van der Waals surface area (Å²) in [5.74, 6) is -0.312. The summed E-state index contributed by atoms with van der Waals surface area (Å²) < 4.78 is 30.2. The number of aliphatic hydroxyl groups excluding tert-OH is 1. The minimum absolute atomic E-state index is 0.0706. The van der Waals surface area contributed by atoms with Crippen LogP contribution in [0, 0.1) is 28.6 Å². The highest BCUT2D eigenvalue weighted by atomic mass is 16.7. The Morgan fingerprint density at radius 1 is 1.20 bits per heavy atom. The van der Waals surface area contributed by atoms with E-state index < -0.39 is 35.7 Å². The van der Waals surface area contributed by atoms with Crippen LogP contribution >= 0.6 is 0 Å². The second-order valence-electron chi connectivity index (χ2n) is 11.8. The fraction of sp³-hybridized carbons (Fsp3) is 0.852. The van der Waals surface area contributed by atoms with Crippen molar-refractivity contribution in [2.24, 2.45) is 28.6 Å². The summed E-state index contributed by atoms with van der Waals surface area (Å²) in [6, 6.07) is 0. The fourth-order valence-electron chi connectivity index (χ4n) is 7.84. The Hall–Kier alpha value is -1.48. The van der Waals surface area contributed by atoms with Gasteiger partial charge in [0, 0.05) is 24.8 Å². The van der Waals surface area contributed by atoms with Crippen molar-refractivity contribution in [2.45, 2.75) is 104 Å². The number of fused-ring (bicyclic) bond motifs is 1. The summed E-state index contributed by atoms with van der Waals surface area (Å²) in [6.45, 7) is 10.7. The zero-order valence-electron chi connectivity index (χ0n) is 21.6. The van der Waals surface area contributed by atoms with Crippen LogP contribution < -0.4 is 0 Å². The number of aliphatic hydroxyl groups is 1. The number of esters is 2. The summed E-state index contributed by atoms with van der Waals surface area (Å²) in [7, 11) is 0. The van der Waals surface area contributed by atoms with E-state index in [0.29, 0.717) is 25.2 Å². The Labute approximate surface area is 207 Å². The molecule has 8 heteroatoms. The van der Waals surface area contributed by atoms with Crippen LogP contribution in [0.15, 0.2) is 11.6 Å². The van der Waals surface area contributed by atoms with Gasteiger partial charge >= 0.3 is 11.9 Å². The highest BCUT2D eigenvalue weighted by molar-refractivity contribution is 5.87. The average molecular weight is 493 g/mol. The highest BCUT2D eigenvalue weighted by Crippen LogP contribution is 2.73. The van der Waals surface area contributed by atoms with Crippen molar-refractivity contribution in [3.63, 3.8) is 0 Å². The van der Waals surface area contributed by atoms with E-state index in [0.717, 1.165) is 32.1 Å². The predicted octanol–water partition coefficient (Wildman–Crippen LogP) is 3.50. The van der Waals surface area contributed by atoms with Crippen molar-refractivity contribution >= 4 is 11.9 Å². The fourth-order valence-corrected chi connectivity index (χ4v) is 7.84. The van der Waals surface area contributed by atoms with Gasteiger partial charge in [0.15, 0.2) is 6.29 Å². The topological polar surface area (TPSA) is 104 Å². The van der Waals surface area contributed by atoms with Crippen molar-refractivity contribution in [3.8, 4) is 0 Å². The molecule has 0 aromatic heterocycles. The zero-order valence-corrected chi connectivity index (χ0v) is 21.6. The number of epoxide rings is 1. The van der Waals surface area contributed by atoms with Crippen LogP contribution in [0.2, 0.25) is 0 Å². The Balaban J connectivity index is 1.55. The third-order valence-corrected chi connectivity index (χ3v) is 10.2. The molecule has 6 aliphatic rings. The standard InChI is InChI=1S/C27H40O8/c1-6-15(2)22(29)35-24-27-20(12-19(34-24)13-26(27)14-32-26)25(5,9-7-18-8-10-31-23(18)30)16(3)11-21(27)33-17(4)28/h6,16,18-21,23-24,30H,7-14H2,1-5H3/b15-6+/t16-,18+,19-,20-,21+,23+,24+,25+,26+,27+/m1/s1. The summed E-state index contributed by atoms with van der Waals surface area (Å²) in [5, 5.41) is 10.3. The lowest BCUT2D eigenvalue weighted by Crippen LogP contribution is -2.75. The summed E-state index contributed by atoms with van der Waals surface area (Å²) in [5.41, 5.74) is -0.922. The van der Waals surface area contributed by atoms with Gasteiger partial charge in [0.1, 0.15) is 17.1 Å². The Bertz CT molecular complexity index is 896. The van der Waals surface area contributed by atoms with Crippen LogP contribution in [0.25, 0.3) is 0 Å². The molecule has 1 N–H and O–H groups in total. The van der Waals surface area contributed by atoms with Crippen LogP contribution in [0.5, 0.6) is 0 Å². The molecule has 2 saturated carbocycles. The van der Waals surface area contributed by atoms with Gasteiger partial charge in [-0.2, -0.15) is 0 Å². The van der Waals surface area contributed by atoms with Gasteiger partial charge in [-0.25, -0.2) is 4.79 Å². The SMILES string of the molecule is C/C=C(\C)C(=O)O[C@@H]1O[C@@H]2C[C@@H]3[C@@](C)(CC[C@H]4CCO[C@@H]4O)[C@H](C)C[C@H](OC(C)=O)[C@]13[C@@]1(CO1)C2. The Kier molecular flexibility index (Phi) is 6.35. The van der Waals surface area contributed by atoms with E-state index >= 15 is 0 Å². The van der Waals surface area contributed by atoms with Gasteiger partial charge in [-0.15, -0.1) is 0 Å². The largest absolute Gasteiger partial charge is 0.462 e. The second kappa shape index (κ2) is 8.82. The van der Waals surface area contributed by atoms with E-state index in [9.17, 15) is 14.7 Å². The zero-order chi connectivity index (χ0) is 25.2. The summed E-state index contributed by atoms with van der Waals surface area (Å²) in [6.07, 6.45) is 4.41. The molecule has 6 fully saturated rings. The third-order valence-electron chi connectivity index (χ3n) is 10.2. The average Bonchev–Trinajstić information content (AvgIpc) is 3.44. The minimum atomic E-state index is -0.846. The van der Waals surface area contributed by atoms with E-state index in [1.165, 1.54) is 6.92 Å². The van der Waals surface area contributed by atoms with Crippen molar-refractivity contribution in [2.75, 3.05) is 13.2 Å². The number of carbonyl (C=O) groups is 2. The lowest BCUT2D eigenvalue weighted by Gasteiger charge is -2.68. The maximum atomic E-state index is 13.0. The van der Waals surface area contributed by atoms with E-state index in [4.69, 9.17) is 23.7 Å². The van der Waals surface area contributed by atoms with Crippen molar-refractivity contribution in [1.82, 2.24) is 0 Å². The van der Waals surface area contributed by atoms with Gasteiger partial charge in [0.2, 0.25) is 6.29 Å². The van der Waals surface area contributed by atoms with Crippen molar-refractivity contribution in [1.29, 1.82) is 0 Å². The normalized spacial score (nSPS) is 48.5. The molecule has 35 heavy (non-hydrogen) atoms. The highest BCUT2D eigenvalue weighted by Gasteiger charge is 2.82. The number of rotatable bonds is 6. The number of carbonyl (C=O) groups excluding carboxylic acids is 2. The molecule has 0 radical (unpaired) electrons. The molecule has 4 heterocycles. The van der Waals surface area contributed by atoms with E-state index in [1.807, 2.05) is 0 Å².